The molecule has 1 fully saturated rings. The molecule has 17 heavy (non-hydrogen) atoms. The molecule has 1 rings (SSSR count). The van der Waals surface area contributed by atoms with Crippen LogP contribution in [0.2, 0.25) is 0 Å². The van der Waals surface area contributed by atoms with E-state index in [0.717, 1.165) is 12.8 Å². The minimum absolute atomic E-state index is 0.0316. The number of carbonyl (C=O) groups excluding carboxylic acids is 1. The number of carboxylic acid groups (broad SMARTS) is 1. The predicted octanol–water partition coefficient (Wildman–Crippen LogP) is 0.217. The zero-order valence-electron chi connectivity index (χ0n) is 10.1. The van der Waals surface area contributed by atoms with Crippen molar-refractivity contribution in [1.29, 1.82) is 0 Å². The van der Waals surface area contributed by atoms with Gasteiger partial charge in [-0.3, -0.25) is 4.79 Å². The Morgan fingerprint density at radius 3 is 2.76 bits per heavy atom. The van der Waals surface area contributed by atoms with Gasteiger partial charge in [0.25, 0.3) is 0 Å². The molecule has 6 nitrogen and oxygen atoms in total. The second kappa shape index (κ2) is 6.44. The summed E-state index contributed by atoms with van der Waals surface area (Å²) in [4.78, 5) is 25.5. The normalized spacial score (nSPS) is 19.4. The van der Waals surface area contributed by atoms with Gasteiger partial charge in [-0.15, -0.1) is 0 Å². The molecule has 1 saturated heterocycles. The quantitative estimate of drug-likeness (QED) is 0.724. The van der Waals surface area contributed by atoms with Crippen molar-refractivity contribution in [1.82, 2.24) is 9.80 Å². The summed E-state index contributed by atoms with van der Waals surface area (Å²) in [5.74, 6) is -0.527. The fourth-order valence-electron chi connectivity index (χ4n) is 2.03. The van der Waals surface area contributed by atoms with E-state index in [-0.39, 0.29) is 25.6 Å². The molecule has 0 aromatic rings. The van der Waals surface area contributed by atoms with Gasteiger partial charge in [0.05, 0.1) is 6.42 Å². The van der Waals surface area contributed by atoms with E-state index in [2.05, 4.69) is 0 Å². The molecule has 1 atom stereocenters. The highest BCUT2D eigenvalue weighted by Gasteiger charge is 2.27. The van der Waals surface area contributed by atoms with Crippen molar-refractivity contribution >= 4 is 12.0 Å². The summed E-state index contributed by atoms with van der Waals surface area (Å²) in [5, 5.41) is 17.4. The molecular weight excluding hydrogens is 224 g/mol. The number of urea groups is 1. The second-order valence-corrected chi connectivity index (χ2v) is 4.46. The molecule has 0 spiro atoms. The van der Waals surface area contributed by atoms with E-state index < -0.39 is 5.97 Å². The molecule has 0 aliphatic carbocycles. The number of rotatable bonds is 5. The van der Waals surface area contributed by atoms with Crippen LogP contribution in [0.3, 0.4) is 0 Å². The monoisotopic (exact) mass is 244 g/mol. The molecule has 6 heteroatoms. The average molecular weight is 244 g/mol. The summed E-state index contributed by atoms with van der Waals surface area (Å²) in [5.41, 5.74) is 0. The number of aliphatic hydroxyl groups is 1. The Hall–Kier alpha value is -1.30. The SMILES string of the molecule is CN(CCC(=O)O)C(=O)N1CCC(CCO)C1. The van der Waals surface area contributed by atoms with Crippen molar-refractivity contribution < 1.29 is 19.8 Å². The zero-order valence-corrected chi connectivity index (χ0v) is 10.1. The lowest BCUT2D eigenvalue weighted by Crippen LogP contribution is -2.40. The number of amides is 2. The van der Waals surface area contributed by atoms with E-state index in [1.54, 1.807) is 11.9 Å². The summed E-state index contributed by atoms with van der Waals surface area (Å²) in [6.07, 6.45) is 1.61. The molecule has 1 aliphatic heterocycles. The number of hydrogen-bond donors (Lipinski definition) is 2. The minimum atomic E-state index is -0.899. The van der Waals surface area contributed by atoms with Gasteiger partial charge in [-0.05, 0) is 18.8 Å². The van der Waals surface area contributed by atoms with Gasteiger partial charge in [0.2, 0.25) is 0 Å². The Morgan fingerprint density at radius 2 is 2.18 bits per heavy atom. The standard InChI is InChI=1S/C11H20N2O4/c1-12(5-3-10(15)16)11(17)13-6-2-9(8-13)4-7-14/h9,14H,2-8H2,1H3,(H,15,16). The fourth-order valence-corrected chi connectivity index (χ4v) is 2.03. The van der Waals surface area contributed by atoms with Crippen LogP contribution >= 0.6 is 0 Å². The van der Waals surface area contributed by atoms with E-state index >= 15 is 0 Å². The van der Waals surface area contributed by atoms with Crippen molar-refractivity contribution in [2.24, 2.45) is 5.92 Å². The van der Waals surface area contributed by atoms with Crippen molar-refractivity contribution in [2.75, 3.05) is 33.3 Å². The first-order chi connectivity index (χ1) is 8.04. The lowest BCUT2D eigenvalue weighted by Gasteiger charge is -2.24. The van der Waals surface area contributed by atoms with Crippen LogP contribution in [0.4, 0.5) is 4.79 Å². The summed E-state index contributed by atoms with van der Waals surface area (Å²) >= 11 is 0. The van der Waals surface area contributed by atoms with E-state index in [0.29, 0.717) is 19.0 Å². The van der Waals surface area contributed by atoms with Gasteiger partial charge in [-0.2, -0.15) is 0 Å². The van der Waals surface area contributed by atoms with Crippen LogP contribution in [0, 0.1) is 5.92 Å². The topological polar surface area (TPSA) is 81.1 Å². The van der Waals surface area contributed by atoms with Gasteiger partial charge in [0, 0.05) is 33.3 Å². The largest absolute Gasteiger partial charge is 0.481 e. The highest BCUT2D eigenvalue weighted by Crippen LogP contribution is 2.20. The maximum Gasteiger partial charge on any atom is 0.319 e. The molecule has 1 aliphatic rings. The van der Waals surface area contributed by atoms with Crippen molar-refractivity contribution in [3.05, 3.63) is 0 Å². The van der Waals surface area contributed by atoms with E-state index in [1.165, 1.54) is 4.90 Å². The van der Waals surface area contributed by atoms with Gasteiger partial charge < -0.3 is 20.0 Å². The van der Waals surface area contributed by atoms with Crippen molar-refractivity contribution in [2.45, 2.75) is 19.3 Å². The third kappa shape index (κ3) is 4.22. The third-order valence-electron chi connectivity index (χ3n) is 3.08. The lowest BCUT2D eigenvalue weighted by atomic mass is 10.1. The fraction of sp³-hybridized carbons (Fsp3) is 0.818. The van der Waals surface area contributed by atoms with Crippen LogP contribution in [-0.2, 0) is 4.79 Å². The third-order valence-corrected chi connectivity index (χ3v) is 3.08. The Labute approximate surface area is 101 Å². The first-order valence-corrected chi connectivity index (χ1v) is 5.87. The number of aliphatic carboxylic acids is 1. The molecule has 2 N–H and O–H groups in total. The predicted molar refractivity (Wildman–Crippen MR) is 61.7 cm³/mol. The number of carbonyl (C=O) groups is 2. The number of hydrogen-bond acceptors (Lipinski definition) is 3. The van der Waals surface area contributed by atoms with Crippen LogP contribution < -0.4 is 0 Å². The van der Waals surface area contributed by atoms with E-state index in [4.69, 9.17) is 10.2 Å². The molecule has 98 valence electrons. The van der Waals surface area contributed by atoms with Crippen LogP contribution in [-0.4, -0.2) is 65.3 Å². The molecule has 2 amide bonds. The van der Waals surface area contributed by atoms with Gasteiger partial charge in [0.1, 0.15) is 0 Å². The molecule has 1 unspecified atom stereocenters. The van der Waals surface area contributed by atoms with Crippen LogP contribution in [0.5, 0.6) is 0 Å². The maximum absolute atomic E-state index is 11.9. The highest BCUT2D eigenvalue weighted by molar-refractivity contribution is 5.75. The minimum Gasteiger partial charge on any atom is -0.481 e. The van der Waals surface area contributed by atoms with Crippen molar-refractivity contribution in [3.8, 4) is 0 Å². The number of aliphatic hydroxyl groups excluding tert-OH is 1. The van der Waals surface area contributed by atoms with Gasteiger partial charge in [-0.25, -0.2) is 4.79 Å². The maximum atomic E-state index is 11.9. The molecule has 0 radical (unpaired) electrons. The molecule has 1 heterocycles. The molecule has 0 aromatic heterocycles. The van der Waals surface area contributed by atoms with Crippen molar-refractivity contribution in [3.63, 3.8) is 0 Å². The summed E-state index contributed by atoms with van der Waals surface area (Å²) in [7, 11) is 1.62. The Morgan fingerprint density at radius 1 is 1.47 bits per heavy atom. The Bertz CT molecular complexity index is 283. The van der Waals surface area contributed by atoms with Crippen LogP contribution in [0.1, 0.15) is 19.3 Å². The van der Waals surface area contributed by atoms with Gasteiger partial charge in [-0.1, -0.05) is 0 Å². The first kappa shape index (κ1) is 13.8. The van der Waals surface area contributed by atoms with E-state index in [9.17, 15) is 9.59 Å². The smallest absolute Gasteiger partial charge is 0.319 e. The highest BCUT2D eigenvalue weighted by atomic mass is 16.4. The van der Waals surface area contributed by atoms with E-state index in [1.807, 2.05) is 0 Å². The zero-order chi connectivity index (χ0) is 12.8. The summed E-state index contributed by atoms with van der Waals surface area (Å²) in [6.45, 7) is 1.74. The molecule has 0 bridgehead atoms. The average Bonchev–Trinajstić information content (AvgIpc) is 2.74. The number of nitrogens with zero attached hydrogens (tertiary/aromatic N) is 2. The number of likely N-dealkylation sites (tertiary alicyclic amines) is 1. The summed E-state index contributed by atoms with van der Waals surface area (Å²) in [6, 6.07) is -0.119. The first-order valence-electron chi connectivity index (χ1n) is 5.87. The Balaban J connectivity index is 2.35. The summed E-state index contributed by atoms with van der Waals surface area (Å²) < 4.78 is 0. The second-order valence-electron chi connectivity index (χ2n) is 4.46. The molecule has 0 aromatic carbocycles. The lowest BCUT2D eigenvalue weighted by molar-refractivity contribution is -0.137. The van der Waals surface area contributed by atoms with Gasteiger partial charge >= 0.3 is 12.0 Å². The molecular formula is C11H20N2O4. The van der Waals surface area contributed by atoms with Crippen LogP contribution in [0.15, 0.2) is 0 Å². The number of carboxylic acids is 1. The van der Waals surface area contributed by atoms with Crippen LogP contribution in [0.25, 0.3) is 0 Å². The Kier molecular flexibility index (Phi) is 5.21. The van der Waals surface area contributed by atoms with Gasteiger partial charge in [0.15, 0.2) is 0 Å². The molecule has 0 saturated carbocycles.